The Labute approximate surface area is 120 Å². The van der Waals surface area contributed by atoms with Crippen molar-refractivity contribution < 1.29 is 0 Å². The zero-order valence-corrected chi connectivity index (χ0v) is 13.3. The highest BCUT2D eigenvalue weighted by atomic mass is 32.1. The summed E-state index contributed by atoms with van der Waals surface area (Å²) in [7, 11) is 0. The minimum Gasteiger partial charge on any atom is -0.346 e. The molecule has 2 rings (SSSR count). The van der Waals surface area contributed by atoms with Crippen molar-refractivity contribution in [3.05, 3.63) is 11.6 Å². The van der Waals surface area contributed by atoms with Gasteiger partial charge in [0.15, 0.2) is 5.13 Å². The highest BCUT2D eigenvalue weighted by molar-refractivity contribution is 7.13. The van der Waals surface area contributed by atoms with E-state index in [0.29, 0.717) is 6.04 Å². The van der Waals surface area contributed by atoms with E-state index in [1.807, 2.05) is 6.20 Å². The summed E-state index contributed by atoms with van der Waals surface area (Å²) in [6.45, 7) is 14.5. The normalized spacial score (nSPS) is 19.7. The molecule has 1 aliphatic heterocycles. The summed E-state index contributed by atoms with van der Waals surface area (Å²) in [5, 5.41) is 6.81. The first-order valence-electron chi connectivity index (χ1n) is 7.09. The van der Waals surface area contributed by atoms with Crippen molar-refractivity contribution >= 4 is 16.5 Å². The lowest BCUT2D eigenvalue weighted by Gasteiger charge is -2.38. The molecule has 5 heteroatoms. The van der Waals surface area contributed by atoms with Gasteiger partial charge in [0.05, 0.1) is 0 Å². The number of hydrogen-bond acceptors (Lipinski definition) is 5. The van der Waals surface area contributed by atoms with Gasteiger partial charge in [0, 0.05) is 55.9 Å². The quantitative estimate of drug-likeness (QED) is 0.916. The molecule has 0 saturated carbocycles. The molecule has 0 aromatic carbocycles. The molecule has 1 unspecified atom stereocenters. The van der Waals surface area contributed by atoms with Gasteiger partial charge in [-0.1, -0.05) is 0 Å². The SMILES string of the molecule is CC(CNC(C)(C)C)N1CCN(c2nccs2)CC1. The van der Waals surface area contributed by atoms with E-state index in [2.05, 4.69) is 53.2 Å². The second-order valence-electron chi connectivity index (χ2n) is 6.32. The van der Waals surface area contributed by atoms with Gasteiger partial charge in [-0.3, -0.25) is 4.90 Å². The molecule has 0 aliphatic carbocycles. The molecule has 1 N–H and O–H groups in total. The van der Waals surface area contributed by atoms with Crippen molar-refractivity contribution in [2.75, 3.05) is 37.6 Å². The van der Waals surface area contributed by atoms with E-state index in [9.17, 15) is 0 Å². The van der Waals surface area contributed by atoms with Crippen LogP contribution in [0.3, 0.4) is 0 Å². The molecule has 0 radical (unpaired) electrons. The van der Waals surface area contributed by atoms with Crippen molar-refractivity contribution in [2.24, 2.45) is 0 Å². The van der Waals surface area contributed by atoms with Crippen LogP contribution in [0, 0.1) is 0 Å². The highest BCUT2D eigenvalue weighted by Gasteiger charge is 2.23. The van der Waals surface area contributed by atoms with Crippen LogP contribution in [0.2, 0.25) is 0 Å². The molecule has 0 amide bonds. The van der Waals surface area contributed by atoms with Crippen LogP contribution in [0.5, 0.6) is 0 Å². The summed E-state index contributed by atoms with van der Waals surface area (Å²) in [6, 6.07) is 0.595. The van der Waals surface area contributed by atoms with Gasteiger partial charge in [-0.2, -0.15) is 0 Å². The summed E-state index contributed by atoms with van der Waals surface area (Å²) in [5.41, 5.74) is 0.205. The number of piperazine rings is 1. The Hall–Kier alpha value is -0.650. The van der Waals surface area contributed by atoms with Crippen molar-refractivity contribution in [1.82, 2.24) is 15.2 Å². The van der Waals surface area contributed by atoms with E-state index < -0.39 is 0 Å². The Bertz CT molecular complexity index is 363. The summed E-state index contributed by atoms with van der Waals surface area (Å²) in [5.74, 6) is 0. The molecule has 108 valence electrons. The Morgan fingerprint density at radius 2 is 2.00 bits per heavy atom. The van der Waals surface area contributed by atoms with Crippen LogP contribution in [0.25, 0.3) is 0 Å². The Balaban J connectivity index is 1.76. The lowest BCUT2D eigenvalue weighted by molar-refractivity contribution is 0.184. The molecular weight excluding hydrogens is 256 g/mol. The molecule has 1 aliphatic rings. The zero-order valence-electron chi connectivity index (χ0n) is 12.5. The molecule has 2 heterocycles. The van der Waals surface area contributed by atoms with Gasteiger partial charge in [-0.25, -0.2) is 4.98 Å². The predicted molar refractivity (Wildman–Crippen MR) is 83.1 cm³/mol. The van der Waals surface area contributed by atoms with Crippen molar-refractivity contribution in [1.29, 1.82) is 0 Å². The molecule has 0 spiro atoms. The number of thiazole rings is 1. The third-order valence-electron chi connectivity index (χ3n) is 3.56. The third kappa shape index (κ3) is 4.44. The van der Waals surface area contributed by atoms with E-state index >= 15 is 0 Å². The first-order chi connectivity index (χ1) is 8.96. The van der Waals surface area contributed by atoms with E-state index in [1.54, 1.807) is 11.3 Å². The molecule has 1 saturated heterocycles. The predicted octanol–water partition coefficient (Wildman–Crippen LogP) is 2.04. The van der Waals surface area contributed by atoms with E-state index in [4.69, 9.17) is 0 Å². The lowest BCUT2D eigenvalue weighted by atomic mass is 10.1. The zero-order chi connectivity index (χ0) is 13.9. The Kier molecular flexibility index (Phi) is 4.81. The highest BCUT2D eigenvalue weighted by Crippen LogP contribution is 2.19. The van der Waals surface area contributed by atoms with E-state index in [0.717, 1.165) is 32.7 Å². The number of anilines is 1. The maximum absolute atomic E-state index is 4.39. The van der Waals surface area contributed by atoms with Gasteiger partial charge in [-0.15, -0.1) is 11.3 Å². The number of rotatable bonds is 4. The smallest absolute Gasteiger partial charge is 0.185 e. The molecule has 1 aromatic heterocycles. The number of nitrogens with zero attached hydrogens (tertiary/aromatic N) is 3. The van der Waals surface area contributed by atoms with Crippen LogP contribution >= 0.6 is 11.3 Å². The lowest BCUT2D eigenvalue weighted by Crippen LogP contribution is -2.53. The topological polar surface area (TPSA) is 31.4 Å². The van der Waals surface area contributed by atoms with Crippen LogP contribution in [0.1, 0.15) is 27.7 Å². The molecular formula is C14H26N4S. The van der Waals surface area contributed by atoms with Gasteiger partial charge >= 0.3 is 0 Å². The molecule has 19 heavy (non-hydrogen) atoms. The first-order valence-corrected chi connectivity index (χ1v) is 7.97. The number of aromatic nitrogens is 1. The fourth-order valence-electron chi connectivity index (χ4n) is 2.31. The summed E-state index contributed by atoms with van der Waals surface area (Å²) in [4.78, 5) is 9.36. The minimum absolute atomic E-state index is 0.205. The summed E-state index contributed by atoms with van der Waals surface area (Å²) < 4.78 is 0. The van der Waals surface area contributed by atoms with Gasteiger partial charge in [0.25, 0.3) is 0 Å². The maximum atomic E-state index is 4.39. The van der Waals surface area contributed by atoms with E-state index in [-0.39, 0.29) is 5.54 Å². The fourth-order valence-corrected chi connectivity index (χ4v) is 3.01. The van der Waals surface area contributed by atoms with Gasteiger partial charge in [-0.05, 0) is 27.7 Å². The number of nitrogens with one attached hydrogen (secondary N) is 1. The van der Waals surface area contributed by atoms with Gasteiger partial charge in [0.1, 0.15) is 0 Å². The minimum atomic E-state index is 0.205. The molecule has 1 fully saturated rings. The largest absolute Gasteiger partial charge is 0.346 e. The monoisotopic (exact) mass is 282 g/mol. The second kappa shape index (κ2) is 6.20. The Morgan fingerprint density at radius 3 is 2.53 bits per heavy atom. The standard InChI is InChI=1S/C14H26N4S/c1-12(11-16-14(2,3)4)17-6-8-18(9-7-17)13-15-5-10-19-13/h5,10,12,16H,6-9,11H2,1-4H3. The molecule has 1 atom stereocenters. The molecule has 1 aromatic rings. The van der Waals surface area contributed by atoms with Gasteiger partial charge < -0.3 is 10.2 Å². The Morgan fingerprint density at radius 1 is 1.32 bits per heavy atom. The summed E-state index contributed by atoms with van der Waals surface area (Å²) >= 11 is 1.74. The molecule has 0 bridgehead atoms. The van der Waals surface area contributed by atoms with Gasteiger partial charge in [0.2, 0.25) is 0 Å². The van der Waals surface area contributed by atoms with E-state index in [1.165, 1.54) is 5.13 Å². The van der Waals surface area contributed by atoms with Crippen LogP contribution in [0.15, 0.2) is 11.6 Å². The average molecular weight is 282 g/mol. The number of hydrogen-bond donors (Lipinski definition) is 1. The van der Waals surface area contributed by atoms with Crippen LogP contribution < -0.4 is 10.2 Å². The maximum Gasteiger partial charge on any atom is 0.185 e. The average Bonchev–Trinajstić information content (AvgIpc) is 2.89. The van der Waals surface area contributed by atoms with Crippen LogP contribution in [-0.4, -0.2) is 54.2 Å². The summed E-state index contributed by atoms with van der Waals surface area (Å²) in [6.07, 6.45) is 1.89. The third-order valence-corrected chi connectivity index (χ3v) is 4.39. The molecule has 4 nitrogen and oxygen atoms in total. The van der Waals surface area contributed by atoms with Crippen molar-refractivity contribution in [3.63, 3.8) is 0 Å². The van der Waals surface area contributed by atoms with Crippen LogP contribution in [0.4, 0.5) is 5.13 Å². The van der Waals surface area contributed by atoms with Crippen molar-refractivity contribution in [3.8, 4) is 0 Å². The van der Waals surface area contributed by atoms with Crippen molar-refractivity contribution in [2.45, 2.75) is 39.3 Å². The fraction of sp³-hybridized carbons (Fsp3) is 0.786. The van der Waals surface area contributed by atoms with Crippen LogP contribution in [-0.2, 0) is 0 Å². The first kappa shape index (κ1) is 14.8. The second-order valence-corrected chi connectivity index (χ2v) is 7.19.